The number of nitrogens with one attached hydrogen (secondary N) is 1. The first-order chi connectivity index (χ1) is 8.58. The predicted molar refractivity (Wildman–Crippen MR) is 75.6 cm³/mol. The third-order valence-corrected chi connectivity index (χ3v) is 3.46. The molecule has 0 aliphatic heterocycles. The molecule has 0 fully saturated rings. The fourth-order valence-electron chi connectivity index (χ4n) is 1.30. The number of hydrazone groups is 1. The molecule has 0 saturated heterocycles. The Hall–Kier alpha value is -1.79. The van der Waals surface area contributed by atoms with E-state index < -0.39 is 0 Å². The number of rotatable bonds is 3. The molecule has 5 nitrogen and oxygen atoms in total. The molecule has 1 aromatic carbocycles. The van der Waals surface area contributed by atoms with Crippen LogP contribution in [-0.4, -0.2) is 16.3 Å². The van der Waals surface area contributed by atoms with Gasteiger partial charge in [-0.3, -0.25) is 5.43 Å². The van der Waals surface area contributed by atoms with Gasteiger partial charge in [0.25, 0.3) is 0 Å². The van der Waals surface area contributed by atoms with Crippen molar-refractivity contribution >= 4 is 40.1 Å². The van der Waals surface area contributed by atoms with Crippen LogP contribution in [0.5, 0.6) is 5.75 Å². The summed E-state index contributed by atoms with van der Waals surface area (Å²) in [5.41, 5.74) is 9.40. The van der Waals surface area contributed by atoms with Crippen LogP contribution in [-0.2, 0) is 0 Å². The summed E-state index contributed by atoms with van der Waals surface area (Å²) in [6.07, 6.45) is 1.50. The van der Waals surface area contributed by atoms with Gasteiger partial charge < -0.3 is 10.8 Å². The average Bonchev–Trinajstić information content (AvgIpc) is 2.75. The maximum Gasteiger partial charge on any atom is 0.205 e. The second-order valence-electron chi connectivity index (χ2n) is 3.56. The van der Waals surface area contributed by atoms with Crippen molar-refractivity contribution in [3.05, 3.63) is 33.7 Å². The minimum absolute atomic E-state index is 0.117. The lowest BCUT2D eigenvalue weighted by Crippen LogP contribution is -1.92. The molecule has 2 aromatic rings. The van der Waals surface area contributed by atoms with E-state index in [0.29, 0.717) is 27.1 Å². The summed E-state index contributed by atoms with van der Waals surface area (Å²) < 4.78 is 0. The summed E-state index contributed by atoms with van der Waals surface area (Å²) in [5, 5.41) is 16.6. The number of hydrogen-bond donors (Lipinski definition) is 3. The van der Waals surface area contributed by atoms with Crippen LogP contribution in [0.25, 0.3) is 0 Å². The largest absolute Gasteiger partial charge is 0.507 e. The molecule has 2 rings (SSSR count). The van der Waals surface area contributed by atoms with Crippen LogP contribution in [0.4, 0.5) is 10.9 Å². The number of nitrogen functional groups attached to an aromatic ring is 1. The highest BCUT2D eigenvalue weighted by Crippen LogP contribution is 2.27. The number of benzene rings is 1. The zero-order valence-electron chi connectivity index (χ0n) is 9.51. The highest BCUT2D eigenvalue weighted by atomic mass is 35.5. The molecule has 0 aliphatic rings. The first kappa shape index (κ1) is 12.7. The molecule has 1 aromatic heterocycles. The smallest absolute Gasteiger partial charge is 0.205 e. The third kappa shape index (κ3) is 2.72. The summed E-state index contributed by atoms with van der Waals surface area (Å²) in [6, 6.07) is 3.39. The van der Waals surface area contributed by atoms with Crippen molar-refractivity contribution in [3.63, 3.8) is 0 Å². The van der Waals surface area contributed by atoms with Gasteiger partial charge in [0.1, 0.15) is 11.6 Å². The first-order valence-electron chi connectivity index (χ1n) is 5.06. The van der Waals surface area contributed by atoms with Gasteiger partial charge >= 0.3 is 0 Å². The molecule has 0 saturated carbocycles. The molecule has 0 unspecified atom stereocenters. The van der Waals surface area contributed by atoms with Gasteiger partial charge in [-0.1, -0.05) is 11.6 Å². The van der Waals surface area contributed by atoms with Gasteiger partial charge in [-0.25, -0.2) is 4.98 Å². The molecule has 0 bridgehead atoms. The molecule has 0 radical (unpaired) electrons. The molecule has 1 heterocycles. The molecular weight excluding hydrogens is 272 g/mol. The van der Waals surface area contributed by atoms with E-state index >= 15 is 0 Å². The van der Waals surface area contributed by atoms with E-state index in [9.17, 15) is 5.11 Å². The summed E-state index contributed by atoms with van der Waals surface area (Å²) in [7, 11) is 0. The molecule has 7 heteroatoms. The van der Waals surface area contributed by atoms with Gasteiger partial charge in [0.05, 0.1) is 6.21 Å². The predicted octanol–water partition coefficient (Wildman–Crippen LogP) is 2.84. The van der Waals surface area contributed by atoms with Crippen LogP contribution in [0, 0.1) is 6.92 Å². The van der Waals surface area contributed by atoms with Crippen LogP contribution in [0.2, 0.25) is 5.02 Å². The van der Waals surface area contributed by atoms with Crippen molar-refractivity contribution in [2.75, 3.05) is 11.2 Å². The summed E-state index contributed by atoms with van der Waals surface area (Å²) in [5.74, 6) is 0.564. The van der Waals surface area contributed by atoms with Gasteiger partial charge in [-0.2, -0.15) is 5.10 Å². The lowest BCUT2D eigenvalue weighted by molar-refractivity contribution is 0.470. The first-order valence-corrected chi connectivity index (χ1v) is 6.32. The number of nitrogens with two attached hydrogens (primary N) is 1. The third-order valence-electron chi connectivity index (χ3n) is 2.28. The van der Waals surface area contributed by atoms with Gasteiger partial charge in [0.15, 0.2) is 0 Å². The van der Waals surface area contributed by atoms with Gasteiger partial charge in [0.2, 0.25) is 5.13 Å². The van der Waals surface area contributed by atoms with Gasteiger partial charge in [-0.05, 0) is 19.1 Å². The van der Waals surface area contributed by atoms with Crippen LogP contribution in [0.15, 0.2) is 22.6 Å². The Balaban J connectivity index is 2.12. The van der Waals surface area contributed by atoms with Crippen molar-refractivity contribution in [3.8, 4) is 5.75 Å². The standard InChI is InChI=1S/C11H11ClN4OS/c1-6-8(12)3-2-7(10(6)17)4-14-16-11-15-9(13)5-18-11/h2-5,17H,13H2,1H3,(H,15,16). The van der Waals surface area contributed by atoms with E-state index in [1.807, 2.05) is 0 Å². The molecule has 0 spiro atoms. The van der Waals surface area contributed by atoms with Crippen molar-refractivity contribution in [1.82, 2.24) is 4.98 Å². The number of thiazole rings is 1. The van der Waals surface area contributed by atoms with E-state index in [0.717, 1.165) is 0 Å². The Kier molecular flexibility index (Phi) is 3.69. The summed E-state index contributed by atoms with van der Waals surface area (Å²) in [6.45, 7) is 1.74. The maximum absolute atomic E-state index is 9.84. The fourth-order valence-corrected chi connectivity index (χ4v) is 2.00. The minimum atomic E-state index is 0.117. The SMILES string of the molecule is Cc1c(Cl)ccc(C=NNc2nc(N)cs2)c1O. The zero-order valence-corrected chi connectivity index (χ0v) is 11.1. The van der Waals surface area contributed by atoms with Crippen LogP contribution in [0.1, 0.15) is 11.1 Å². The van der Waals surface area contributed by atoms with E-state index in [1.54, 1.807) is 24.4 Å². The van der Waals surface area contributed by atoms with Gasteiger partial charge in [-0.15, -0.1) is 11.3 Å². The molecule has 0 amide bonds. The number of phenolic OH excluding ortho intramolecular Hbond substituents is 1. The Morgan fingerprint density at radius 1 is 1.56 bits per heavy atom. The van der Waals surface area contributed by atoms with Crippen molar-refractivity contribution in [2.24, 2.45) is 5.10 Å². The summed E-state index contributed by atoms with van der Waals surface area (Å²) in [4.78, 5) is 3.98. The van der Waals surface area contributed by atoms with E-state index in [4.69, 9.17) is 17.3 Å². The average molecular weight is 283 g/mol. The molecule has 18 heavy (non-hydrogen) atoms. The monoisotopic (exact) mass is 282 g/mol. The number of hydrogen-bond acceptors (Lipinski definition) is 6. The Bertz CT molecular complexity index is 597. The maximum atomic E-state index is 9.84. The molecular formula is C11H11ClN4OS. The van der Waals surface area contributed by atoms with Gasteiger partial charge in [0, 0.05) is 21.5 Å². The lowest BCUT2D eigenvalue weighted by Gasteiger charge is -2.04. The quantitative estimate of drug-likeness (QED) is 0.597. The van der Waals surface area contributed by atoms with E-state index in [2.05, 4.69) is 15.5 Å². The molecule has 4 N–H and O–H groups in total. The number of aromatic nitrogens is 1. The highest BCUT2D eigenvalue weighted by Gasteiger charge is 2.05. The molecule has 94 valence electrons. The van der Waals surface area contributed by atoms with Crippen molar-refractivity contribution in [1.29, 1.82) is 0 Å². The molecule has 0 atom stereocenters. The lowest BCUT2D eigenvalue weighted by atomic mass is 10.1. The number of nitrogens with zero attached hydrogens (tertiary/aromatic N) is 2. The normalized spacial score (nSPS) is 11.0. The van der Waals surface area contributed by atoms with Crippen LogP contribution in [0.3, 0.4) is 0 Å². The Labute approximate surface area is 113 Å². The number of phenols is 1. The Morgan fingerprint density at radius 2 is 2.33 bits per heavy atom. The minimum Gasteiger partial charge on any atom is -0.507 e. The van der Waals surface area contributed by atoms with Crippen molar-refractivity contribution in [2.45, 2.75) is 6.92 Å². The zero-order chi connectivity index (χ0) is 13.1. The molecule has 0 aliphatic carbocycles. The summed E-state index contributed by atoms with van der Waals surface area (Å²) >= 11 is 7.23. The topological polar surface area (TPSA) is 83.5 Å². The van der Waals surface area contributed by atoms with Crippen LogP contribution < -0.4 is 11.2 Å². The number of halogens is 1. The van der Waals surface area contributed by atoms with E-state index in [-0.39, 0.29) is 5.75 Å². The van der Waals surface area contributed by atoms with Crippen molar-refractivity contribution < 1.29 is 5.11 Å². The van der Waals surface area contributed by atoms with Crippen LogP contribution >= 0.6 is 22.9 Å². The fraction of sp³-hybridized carbons (Fsp3) is 0.0909. The highest BCUT2D eigenvalue weighted by molar-refractivity contribution is 7.14. The Morgan fingerprint density at radius 3 is 3.00 bits per heavy atom. The second-order valence-corrected chi connectivity index (χ2v) is 4.82. The number of aromatic hydroxyl groups is 1. The second kappa shape index (κ2) is 5.24. The van der Waals surface area contributed by atoms with E-state index in [1.165, 1.54) is 17.6 Å². The number of anilines is 2.